The van der Waals surface area contributed by atoms with Gasteiger partial charge in [0.1, 0.15) is 0 Å². The molecule has 0 aliphatic carbocycles. The highest BCUT2D eigenvalue weighted by molar-refractivity contribution is 5.76. The largest absolute Gasteiger partial charge is 0.394 e. The minimum absolute atomic E-state index is 0.0679. The number of hydrogen-bond acceptors (Lipinski definition) is 3. The highest BCUT2D eigenvalue weighted by Crippen LogP contribution is 2.16. The van der Waals surface area contributed by atoms with Crippen LogP contribution in [-0.4, -0.2) is 34.9 Å². The number of aliphatic hydroxyl groups excluding tert-OH is 2. The quantitative estimate of drug-likeness (QED) is 0.0422. The van der Waals surface area contributed by atoms with Gasteiger partial charge in [-0.15, -0.1) is 0 Å². The molecule has 2 atom stereocenters. The molecule has 1 amide bonds. The first-order valence-corrected chi connectivity index (χ1v) is 26.2. The first-order valence-electron chi connectivity index (χ1n) is 26.2. The molecule has 0 aliphatic heterocycles. The number of aliphatic hydroxyl groups is 2. The van der Waals surface area contributed by atoms with Crippen LogP contribution in [0.15, 0.2) is 72.9 Å². The van der Waals surface area contributed by atoms with Crippen LogP contribution in [0.25, 0.3) is 0 Å². The molecule has 0 saturated heterocycles. The molecule has 0 fully saturated rings. The number of nitrogens with one attached hydrogen (secondary N) is 1. The summed E-state index contributed by atoms with van der Waals surface area (Å²) in [4.78, 5) is 12.5. The summed E-state index contributed by atoms with van der Waals surface area (Å²) in [6.45, 7) is 4.21. The molecule has 2 unspecified atom stereocenters. The minimum Gasteiger partial charge on any atom is -0.394 e. The highest BCUT2D eigenvalue weighted by atomic mass is 16.3. The molecule has 0 bridgehead atoms. The van der Waals surface area contributed by atoms with Crippen molar-refractivity contribution in [2.24, 2.45) is 0 Å². The molecule has 0 spiro atoms. The van der Waals surface area contributed by atoms with Gasteiger partial charge in [0.15, 0.2) is 0 Å². The van der Waals surface area contributed by atoms with Crippen molar-refractivity contribution in [2.45, 2.75) is 270 Å². The Morgan fingerprint density at radius 2 is 0.733 bits per heavy atom. The second kappa shape index (κ2) is 51.2. The van der Waals surface area contributed by atoms with Gasteiger partial charge in [0.05, 0.1) is 18.8 Å². The zero-order valence-electron chi connectivity index (χ0n) is 40.0. The van der Waals surface area contributed by atoms with Crippen molar-refractivity contribution >= 4 is 5.91 Å². The summed E-state index contributed by atoms with van der Waals surface area (Å²) < 4.78 is 0. The molecule has 0 aliphatic rings. The summed E-state index contributed by atoms with van der Waals surface area (Å²) >= 11 is 0. The number of unbranched alkanes of at least 4 members (excludes halogenated alkanes) is 30. The second-order valence-corrected chi connectivity index (χ2v) is 17.6. The summed E-state index contributed by atoms with van der Waals surface area (Å²) in [5.74, 6) is -0.0679. The molecule has 0 aromatic carbocycles. The van der Waals surface area contributed by atoms with Gasteiger partial charge in [-0.25, -0.2) is 0 Å². The van der Waals surface area contributed by atoms with Crippen LogP contribution >= 0.6 is 0 Å². The standard InChI is InChI=1S/C56H101NO3/c1-3-5-7-9-11-13-15-17-19-21-23-25-26-27-28-29-30-32-34-36-38-40-42-44-46-48-50-52-56(60)57-54(53-58)55(59)51-49-47-45-43-41-39-37-35-33-31-24-22-20-18-16-14-12-10-8-6-4-2/h5,7,11,13,17,19,23,25,27-28,49,51,54-55,58-59H,3-4,6,8-10,12,14-16,18,20-22,24,26,29-48,50,52-53H2,1-2H3,(H,57,60)/b7-5-,13-11-,19-17-,25-23-,28-27-,51-49+. The van der Waals surface area contributed by atoms with E-state index in [1.807, 2.05) is 6.08 Å². The number of amides is 1. The van der Waals surface area contributed by atoms with Crippen LogP contribution < -0.4 is 5.32 Å². The zero-order chi connectivity index (χ0) is 43.5. The van der Waals surface area contributed by atoms with E-state index in [9.17, 15) is 15.0 Å². The summed E-state index contributed by atoms with van der Waals surface area (Å²) in [6, 6.07) is -0.628. The average Bonchev–Trinajstić information content (AvgIpc) is 3.25. The Kier molecular flexibility index (Phi) is 49.3. The van der Waals surface area contributed by atoms with Crippen LogP contribution in [0.1, 0.15) is 258 Å². The van der Waals surface area contributed by atoms with Crippen molar-refractivity contribution in [1.29, 1.82) is 0 Å². The molecule has 0 aromatic rings. The zero-order valence-corrected chi connectivity index (χ0v) is 40.0. The van der Waals surface area contributed by atoms with Crippen molar-refractivity contribution in [3.8, 4) is 0 Å². The van der Waals surface area contributed by atoms with Gasteiger partial charge in [-0.1, -0.05) is 260 Å². The third-order valence-electron chi connectivity index (χ3n) is 11.7. The molecule has 348 valence electrons. The molecule has 0 aromatic heterocycles. The number of carbonyl (C=O) groups excluding carboxylic acids is 1. The Bertz CT molecular complexity index is 1040. The Balaban J connectivity index is 3.55. The Hall–Kier alpha value is -2.17. The molecular formula is C56H101NO3. The van der Waals surface area contributed by atoms with Gasteiger partial charge in [-0.05, 0) is 64.2 Å². The van der Waals surface area contributed by atoms with E-state index in [4.69, 9.17) is 0 Å². The predicted molar refractivity (Wildman–Crippen MR) is 267 cm³/mol. The van der Waals surface area contributed by atoms with Gasteiger partial charge in [-0.2, -0.15) is 0 Å². The lowest BCUT2D eigenvalue weighted by molar-refractivity contribution is -0.123. The molecule has 0 rings (SSSR count). The van der Waals surface area contributed by atoms with Gasteiger partial charge < -0.3 is 15.5 Å². The Morgan fingerprint density at radius 3 is 1.10 bits per heavy atom. The van der Waals surface area contributed by atoms with Crippen molar-refractivity contribution in [3.05, 3.63) is 72.9 Å². The fraction of sp³-hybridized carbons (Fsp3) is 0.768. The lowest BCUT2D eigenvalue weighted by Crippen LogP contribution is -2.45. The summed E-state index contributed by atoms with van der Waals surface area (Å²) in [7, 11) is 0. The van der Waals surface area contributed by atoms with Gasteiger partial charge in [0.25, 0.3) is 0 Å². The number of carbonyl (C=O) groups is 1. The first-order chi connectivity index (χ1) is 29.7. The van der Waals surface area contributed by atoms with Crippen molar-refractivity contribution in [3.63, 3.8) is 0 Å². The maximum Gasteiger partial charge on any atom is 0.220 e. The predicted octanol–water partition coefficient (Wildman–Crippen LogP) is 17.0. The fourth-order valence-electron chi connectivity index (χ4n) is 7.74. The van der Waals surface area contributed by atoms with Crippen LogP contribution in [0.5, 0.6) is 0 Å². The van der Waals surface area contributed by atoms with E-state index in [2.05, 4.69) is 79.9 Å². The molecule has 4 heteroatoms. The Labute approximate surface area is 374 Å². The lowest BCUT2D eigenvalue weighted by atomic mass is 10.0. The van der Waals surface area contributed by atoms with E-state index in [-0.39, 0.29) is 12.5 Å². The van der Waals surface area contributed by atoms with E-state index in [0.29, 0.717) is 6.42 Å². The maximum atomic E-state index is 12.5. The van der Waals surface area contributed by atoms with Gasteiger partial charge in [-0.3, -0.25) is 4.79 Å². The van der Waals surface area contributed by atoms with Gasteiger partial charge >= 0.3 is 0 Å². The topological polar surface area (TPSA) is 69.6 Å². The molecular weight excluding hydrogens is 735 g/mol. The molecule has 4 nitrogen and oxygen atoms in total. The molecule has 3 N–H and O–H groups in total. The third-order valence-corrected chi connectivity index (χ3v) is 11.7. The number of allylic oxidation sites excluding steroid dienone is 11. The van der Waals surface area contributed by atoms with E-state index in [1.165, 1.54) is 180 Å². The smallest absolute Gasteiger partial charge is 0.220 e. The number of hydrogen-bond donors (Lipinski definition) is 3. The fourth-order valence-corrected chi connectivity index (χ4v) is 7.74. The maximum absolute atomic E-state index is 12.5. The van der Waals surface area contributed by atoms with Crippen LogP contribution in [0, 0.1) is 0 Å². The van der Waals surface area contributed by atoms with E-state index in [1.54, 1.807) is 6.08 Å². The Morgan fingerprint density at radius 1 is 0.417 bits per heavy atom. The van der Waals surface area contributed by atoms with E-state index in [0.717, 1.165) is 57.8 Å². The molecule has 0 radical (unpaired) electrons. The third kappa shape index (κ3) is 46.9. The van der Waals surface area contributed by atoms with Crippen LogP contribution in [0.3, 0.4) is 0 Å². The second-order valence-electron chi connectivity index (χ2n) is 17.6. The highest BCUT2D eigenvalue weighted by Gasteiger charge is 2.18. The van der Waals surface area contributed by atoms with Crippen molar-refractivity contribution in [1.82, 2.24) is 5.32 Å². The average molecular weight is 836 g/mol. The van der Waals surface area contributed by atoms with Crippen LogP contribution in [0.4, 0.5) is 0 Å². The van der Waals surface area contributed by atoms with Crippen LogP contribution in [-0.2, 0) is 4.79 Å². The monoisotopic (exact) mass is 836 g/mol. The van der Waals surface area contributed by atoms with Gasteiger partial charge in [0, 0.05) is 6.42 Å². The van der Waals surface area contributed by atoms with Crippen molar-refractivity contribution in [2.75, 3.05) is 6.61 Å². The van der Waals surface area contributed by atoms with Crippen molar-refractivity contribution < 1.29 is 15.0 Å². The SMILES string of the molecule is CC/C=C\C/C=C\C/C=C\C/C=C\C/C=C\CCCCCCCCCCCCCC(=O)NC(CO)C(O)/C=C/CCCCCCCCCCCCCCCCCCCCC. The lowest BCUT2D eigenvalue weighted by Gasteiger charge is -2.20. The molecule has 0 saturated carbocycles. The van der Waals surface area contributed by atoms with E-state index < -0.39 is 12.1 Å². The normalized spacial score (nSPS) is 13.5. The van der Waals surface area contributed by atoms with Crippen LogP contribution in [0.2, 0.25) is 0 Å². The molecule has 0 heterocycles. The first kappa shape index (κ1) is 57.8. The summed E-state index contributed by atoms with van der Waals surface area (Å²) in [5, 5.41) is 23.1. The molecule has 60 heavy (non-hydrogen) atoms. The van der Waals surface area contributed by atoms with E-state index >= 15 is 0 Å². The minimum atomic E-state index is -0.844. The summed E-state index contributed by atoms with van der Waals surface area (Å²) in [6.07, 6.45) is 73.2. The number of rotatable bonds is 47. The summed E-state index contributed by atoms with van der Waals surface area (Å²) in [5.41, 5.74) is 0. The van der Waals surface area contributed by atoms with Gasteiger partial charge in [0.2, 0.25) is 5.91 Å².